The van der Waals surface area contributed by atoms with E-state index >= 15 is 0 Å². The van der Waals surface area contributed by atoms with Crippen LogP contribution in [0.3, 0.4) is 0 Å². The van der Waals surface area contributed by atoms with E-state index in [0.717, 1.165) is 0 Å². The maximum atomic E-state index is 12.2. The second kappa shape index (κ2) is 5.81. The smallest absolute Gasteiger partial charge is 0.261 e. The molecule has 114 valence electrons. The van der Waals surface area contributed by atoms with Crippen molar-refractivity contribution in [1.82, 2.24) is 15.6 Å². The molecule has 0 spiro atoms. The Kier molecular flexibility index (Phi) is 4.27. The van der Waals surface area contributed by atoms with Gasteiger partial charge in [-0.25, -0.2) is 0 Å². The number of carbonyl (C=O) groups is 2. The van der Waals surface area contributed by atoms with Gasteiger partial charge < -0.3 is 15.6 Å². The van der Waals surface area contributed by atoms with Gasteiger partial charge in [0.05, 0.1) is 0 Å². The SMILES string of the molecule is CNCCNC(=O)c1cc2c([nH]c1=O)CC(C)(C)CC2=O. The third-order valence-electron chi connectivity index (χ3n) is 3.62. The summed E-state index contributed by atoms with van der Waals surface area (Å²) in [6, 6.07) is 1.43. The van der Waals surface area contributed by atoms with Crippen molar-refractivity contribution in [2.75, 3.05) is 20.1 Å². The Balaban J connectivity index is 2.31. The summed E-state index contributed by atoms with van der Waals surface area (Å²) in [7, 11) is 1.78. The fraction of sp³-hybridized carbons (Fsp3) is 0.533. The van der Waals surface area contributed by atoms with Gasteiger partial charge in [0.1, 0.15) is 5.56 Å². The summed E-state index contributed by atoms with van der Waals surface area (Å²) in [4.78, 5) is 38.9. The van der Waals surface area contributed by atoms with Crippen LogP contribution in [-0.4, -0.2) is 36.8 Å². The molecule has 6 nitrogen and oxygen atoms in total. The van der Waals surface area contributed by atoms with Gasteiger partial charge in [0.25, 0.3) is 11.5 Å². The molecule has 0 saturated heterocycles. The van der Waals surface area contributed by atoms with Crippen LogP contribution >= 0.6 is 0 Å². The van der Waals surface area contributed by atoms with Crippen molar-refractivity contribution >= 4 is 11.7 Å². The minimum atomic E-state index is -0.452. The number of pyridine rings is 1. The quantitative estimate of drug-likeness (QED) is 0.704. The molecule has 0 saturated carbocycles. The van der Waals surface area contributed by atoms with E-state index in [1.54, 1.807) is 7.05 Å². The third-order valence-corrected chi connectivity index (χ3v) is 3.62. The molecule has 1 aliphatic rings. The summed E-state index contributed by atoms with van der Waals surface area (Å²) in [5.74, 6) is -0.478. The number of rotatable bonds is 4. The number of H-pyrrole nitrogens is 1. The first-order chi connectivity index (χ1) is 9.84. The van der Waals surface area contributed by atoms with Crippen molar-refractivity contribution in [2.45, 2.75) is 26.7 Å². The molecule has 1 aromatic heterocycles. The molecule has 0 aromatic carbocycles. The first-order valence-electron chi connectivity index (χ1n) is 7.06. The molecule has 1 aromatic rings. The van der Waals surface area contributed by atoms with E-state index in [4.69, 9.17) is 0 Å². The van der Waals surface area contributed by atoms with Crippen LogP contribution in [0.5, 0.6) is 0 Å². The lowest BCUT2D eigenvalue weighted by molar-refractivity contribution is 0.0910. The highest BCUT2D eigenvalue weighted by Crippen LogP contribution is 2.33. The number of carbonyl (C=O) groups excluding carboxylic acids is 2. The number of fused-ring (bicyclic) bond motifs is 1. The van der Waals surface area contributed by atoms with E-state index in [-0.39, 0.29) is 16.8 Å². The highest BCUT2D eigenvalue weighted by Gasteiger charge is 2.32. The number of hydrogen-bond donors (Lipinski definition) is 3. The van der Waals surface area contributed by atoms with Crippen LogP contribution in [0.15, 0.2) is 10.9 Å². The fourth-order valence-corrected chi connectivity index (χ4v) is 2.59. The molecular formula is C15H21N3O3. The Hall–Kier alpha value is -1.95. The molecule has 0 bridgehead atoms. The Morgan fingerprint density at radius 1 is 1.29 bits per heavy atom. The monoisotopic (exact) mass is 291 g/mol. The summed E-state index contributed by atoms with van der Waals surface area (Å²) in [6.07, 6.45) is 1.05. The minimum Gasteiger partial charge on any atom is -0.351 e. The number of ketones is 1. The van der Waals surface area contributed by atoms with Gasteiger partial charge in [0, 0.05) is 30.8 Å². The first-order valence-corrected chi connectivity index (χ1v) is 7.06. The molecule has 0 aliphatic heterocycles. The molecule has 6 heteroatoms. The van der Waals surface area contributed by atoms with Gasteiger partial charge in [-0.15, -0.1) is 0 Å². The average Bonchev–Trinajstić information content (AvgIpc) is 2.36. The van der Waals surface area contributed by atoms with E-state index in [2.05, 4.69) is 15.6 Å². The number of aromatic amines is 1. The standard InChI is InChI=1S/C15H21N3O3/c1-15(2)7-11-9(12(19)8-15)6-10(14(21)18-11)13(20)17-5-4-16-3/h6,16H,4-5,7-8H2,1-3H3,(H,17,20)(H,18,21). The molecule has 1 heterocycles. The normalized spacial score (nSPS) is 16.4. The first kappa shape index (κ1) is 15.4. The number of amides is 1. The van der Waals surface area contributed by atoms with Crippen molar-refractivity contribution in [2.24, 2.45) is 5.41 Å². The van der Waals surface area contributed by atoms with E-state index in [1.807, 2.05) is 13.8 Å². The van der Waals surface area contributed by atoms with Gasteiger partial charge in [-0.3, -0.25) is 14.4 Å². The molecule has 1 aliphatic carbocycles. The summed E-state index contributed by atoms with van der Waals surface area (Å²) in [6.45, 7) is 5.02. The topological polar surface area (TPSA) is 91.1 Å². The highest BCUT2D eigenvalue weighted by atomic mass is 16.2. The minimum absolute atomic E-state index is 0.00194. The van der Waals surface area contributed by atoms with Gasteiger partial charge in [0.2, 0.25) is 0 Å². The van der Waals surface area contributed by atoms with Crippen molar-refractivity contribution in [3.05, 3.63) is 33.2 Å². The summed E-state index contributed by atoms with van der Waals surface area (Å²) in [5.41, 5.74) is 0.490. The van der Waals surface area contributed by atoms with Crippen LogP contribution < -0.4 is 16.2 Å². The van der Waals surface area contributed by atoms with Crippen molar-refractivity contribution < 1.29 is 9.59 Å². The van der Waals surface area contributed by atoms with E-state index in [0.29, 0.717) is 37.2 Å². The molecule has 3 N–H and O–H groups in total. The van der Waals surface area contributed by atoms with Crippen LogP contribution in [0.1, 0.15) is 46.7 Å². The number of nitrogens with one attached hydrogen (secondary N) is 3. The van der Waals surface area contributed by atoms with Crippen LogP contribution in [-0.2, 0) is 6.42 Å². The predicted octanol–water partition coefficient (Wildman–Crippen LogP) is 0.479. The molecular weight excluding hydrogens is 270 g/mol. The zero-order chi connectivity index (χ0) is 15.6. The molecule has 0 unspecified atom stereocenters. The molecule has 1 amide bonds. The van der Waals surface area contributed by atoms with Gasteiger partial charge in [0.15, 0.2) is 5.78 Å². The van der Waals surface area contributed by atoms with Gasteiger partial charge >= 0.3 is 0 Å². The Morgan fingerprint density at radius 2 is 2.00 bits per heavy atom. The zero-order valence-corrected chi connectivity index (χ0v) is 12.6. The third kappa shape index (κ3) is 3.39. The van der Waals surface area contributed by atoms with Gasteiger partial charge in [-0.1, -0.05) is 13.8 Å². The summed E-state index contributed by atoms with van der Waals surface area (Å²) >= 11 is 0. The largest absolute Gasteiger partial charge is 0.351 e. The number of Topliss-reactive ketones (excluding diaryl/α,β-unsaturated/α-hetero) is 1. The van der Waals surface area contributed by atoms with Crippen molar-refractivity contribution in [3.8, 4) is 0 Å². The van der Waals surface area contributed by atoms with E-state index < -0.39 is 11.5 Å². The van der Waals surface area contributed by atoms with Crippen LogP contribution in [0.4, 0.5) is 0 Å². The Morgan fingerprint density at radius 3 is 2.67 bits per heavy atom. The number of aromatic nitrogens is 1. The molecule has 2 rings (SSSR count). The van der Waals surface area contributed by atoms with Crippen LogP contribution in [0.25, 0.3) is 0 Å². The maximum Gasteiger partial charge on any atom is 0.261 e. The van der Waals surface area contributed by atoms with Gasteiger partial charge in [-0.05, 0) is 24.9 Å². The second-order valence-electron chi connectivity index (χ2n) is 6.20. The zero-order valence-electron chi connectivity index (χ0n) is 12.6. The predicted molar refractivity (Wildman–Crippen MR) is 79.8 cm³/mol. The fourth-order valence-electron chi connectivity index (χ4n) is 2.59. The lowest BCUT2D eigenvalue weighted by Crippen LogP contribution is -2.36. The summed E-state index contributed by atoms with van der Waals surface area (Å²) in [5, 5.41) is 5.55. The second-order valence-corrected chi connectivity index (χ2v) is 6.20. The summed E-state index contributed by atoms with van der Waals surface area (Å²) < 4.78 is 0. The highest BCUT2D eigenvalue weighted by molar-refractivity contribution is 6.02. The lowest BCUT2D eigenvalue weighted by atomic mass is 9.75. The van der Waals surface area contributed by atoms with Crippen LogP contribution in [0.2, 0.25) is 0 Å². The number of hydrogen-bond acceptors (Lipinski definition) is 4. The molecule has 0 atom stereocenters. The molecule has 21 heavy (non-hydrogen) atoms. The lowest BCUT2D eigenvalue weighted by Gasteiger charge is -2.29. The van der Waals surface area contributed by atoms with Crippen LogP contribution in [0, 0.1) is 5.41 Å². The Labute approximate surface area is 123 Å². The number of likely N-dealkylation sites (N-methyl/N-ethyl adjacent to an activating group) is 1. The Bertz CT molecular complexity index is 632. The van der Waals surface area contributed by atoms with E-state index in [1.165, 1.54) is 6.07 Å². The van der Waals surface area contributed by atoms with Crippen molar-refractivity contribution in [1.29, 1.82) is 0 Å². The average molecular weight is 291 g/mol. The van der Waals surface area contributed by atoms with E-state index in [9.17, 15) is 14.4 Å². The molecule has 0 fully saturated rings. The van der Waals surface area contributed by atoms with Crippen molar-refractivity contribution in [3.63, 3.8) is 0 Å². The molecule has 0 radical (unpaired) electrons. The van der Waals surface area contributed by atoms with Gasteiger partial charge in [-0.2, -0.15) is 0 Å². The maximum absolute atomic E-state index is 12.2.